The van der Waals surface area contributed by atoms with Crippen LogP contribution < -0.4 is 89.3 Å². The van der Waals surface area contributed by atoms with Gasteiger partial charge in [0.1, 0.15) is 91.6 Å². The van der Waals surface area contributed by atoms with Crippen LogP contribution in [0.5, 0.6) is 51.7 Å². The number of hydrogen-bond acceptors (Lipinski definition) is 39. The highest BCUT2D eigenvalue weighted by Gasteiger charge is 2.47. The van der Waals surface area contributed by atoms with Crippen molar-refractivity contribution in [1.82, 2.24) is 0 Å². The number of rotatable bonds is 47. The molecular formula is C85H105N9O30S9. The van der Waals surface area contributed by atoms with Crippen LogP contribution in [0.25, 0.3) is 0 Å². The van der Waals surface area contributed by atoms with Crippen LogP contribution in [0.1, 0.15) is 36.1 Å². The fourth-order valence-corrected chi connectivity index (χ4v) is 22.7. The van der Waals surface area contributed by atoms with Gasteiger partial charge in [0.05, 0.1) is 168 Å². The Morgan fingerprint density at radius 2 is 0.617 bits per heavy atom. The minimum absolute atomic E-state index is 0.00778. The number of aliphatic hydroxyl groups excluding tert-OH is 1. The third-order valence-corrected chi connectivity index (χ3v) is 34.6. The number of methoxy groups -OCH3 is 11. The van der Waals surface area contributed by atoms with Crippen LogP contribution in [0.3, 0.4) is 0 Å². The van der Waals surface area contributed by atoms with E-state index in [1.165, 1.54) is 99.3 Å². The van der Waals surface area contributed by atoms with Crippen LogP contribution in [-0.4, -0.2) is 220 Å². The largest absolute Gasteiger partial charge is 0.494 e. The summed E-state index contributed by atoms with van der Waals surface area (Å²) in [7, 11) is -27.6. The Hall–Kier alpha value is -11.7. The molecule has 0 saturated carbocycles. The van der Waals surface area contributed by atoms with Gasteiger partial charge in [0.25, 0.3) is 0 Å². The molecule has 0 radical (unpaired) electrons. The maximum atomic E-state index is 15.2. The van der Waals surface area contributed by atoms with Crippen molar-refractivity contribution in [2.24, 2.45) is 0 Å². The summed E-state index contributed by atoms with van der Waals surface area (Å²) in [6.07, 6.45) is 1.77. The summed E-state index contributed by atoms with van der Waals surface area (Å²) >= 11 is 0. The highest BCUT2D eigenvalue weighted by molar-refractivity contribution is 7.95. The van der Waals surface area contributed by atoms with Crippen LogP contribution in [0.2, 0.25) is 0 Å². The van der Waals surface area contributed by atoms with Crippen molar-refractivity contribution < 1.29 is 133 Å². The molecule has 133 heavy (non-hydrogen) atoms. The number of nitrogens with one attached hydrogen (secondary N) is 2. The SMILES string of the molecule is C=CS(=O)(=O)c1ccc(N(N(Nc2ccc(S(C)(=O)=O)cc2OC)c2ccc(S(=O)(=O)CC)cc2OC)N(c2ccc(S(=O)(=O)CCO)cc2OC)N(c2ccc(S(=O)(=O)CCOC)cc2OC)N(c2cc(C)c(S(C)(=O)=O)cc2OC)N(c2cc(C)c(S(=O)(=O)CC)cc2OC)N(Nc2cc(C)c(S(=O)(=O)CCOC)cc2OC)c2cc(C)c(S(=O)(=O)C=C)cc2OC)c(OC)c1. The van der Waals surface area contributed by atoms with E-state index in [4.69, 9.17) is 52.1 Å². The number of ether oxygens (including phenoxy) is 11. The lowest BCUT2D eigenvalue weighted by Gasteiger charge is -2.56. The number of nitrogens with zero attached hydrogens (tertiary/aromatic N) is 7. The lowest BCUT2D eigenvalue weighted by atomic mass is 10.1. The lowest BCUT2D eigenvalue weighted by Crippen LogP contribution is -2.73. The molecule has 0 spiro atoms. The molecular weight excluding hydrogens is 1920 g/mol. The van der Waals surface area contributed by atoms with Crippen LogP contribution in [0.15, 0.2) is 208 Å². The second-order valence-corrected chi connectivity index (χ2v) is 47.7. The molecule has 0 amide bonds. The van der Waals surface area contributed by atoms with Crippen LogP contribution in [-0.2, 0) is 98.0 Å². The van der Waals surface area contributed by atoms with Gasteiger partial charge >= 0.3 is 0 Å². The molecule has 9 aromatic carbocycles. The monoisotopic (exact) mass is 2020 g/mol. The number of hydrazine groups is 8. The van der Waals surface area contributed by atoms with Crippen molar-refractivity contribution in [2.75, 3.05) is 186 Å². The molecule has 0 unspecified atom stereocenters. The molecule has 724 valence electrons. The van der Waals surface area contributed by atoms with E-state index < -0.39 is 224 Å². The molecule has 0 aromatic heterocycles. The predicted octanol–water partition coefficient (Wildman–Crippen LogP) is 10.2. The molecule has 0 aliphatic rings. The molecule has 0 fully saturated rings. The second-order valence-electron chi connectivity index (χ2n) is 29.1. The Morgan fingerprint density at radius 3 is 1.08 bits per heavy atom. The average Bonchev–Trinajstić information content (AvgIpc) is 0.711. The molecule has 0 saturated heterocycles. The Bertz CT molecular complexity index is 7060. The average molecular weight is 2020 g/mol. The first-order valence-corrected chi connectivity index (χ1v) is 54.7. The molecule has 0 bridgehead atoms. The molecule has 0 aliphatic carbocycles. The van der Waals surface area contributed by atoms with Gasteiger partial charge in [-0.3, -0.25) is 10.9 Å². The fraction of sp³-hybridized carbons (Fsp3) is 0.318. The molecule has 39 nitrogen and oxygen atoms in total. The molecule has 9 aromatic rings. The van der Waals surface area contributed by atoms with Crippen molar-refractivity contribution >= 4 is 140 Å². The van der Waals surface area contributed by atoms with Crippen LogP contribution in [0, 0.1) is 27.7 Å². The minimum atomic E-state index is -4.69. The Balaban J connectivity index is 1.83. The van der Waals surface area contributed by atoms with Crippen molar-refractivity contribution in [3.8, 4) is 51.7 Å². The first kappa shape index (κ1) is 105. The molecule has 0 heterocycles. The molecule has 48 heteroatoms. The van der Waals surface area contributed by atoms with E-state index >= 15 is 8.42 Å². The van der Waals surface area contributed by atoms with Gasteiger partial charge in [0, 0.05) is 92.1 Å². The highest BCUT2D eigenvalue weighted by atomic mass is 32.2. The minimum Gasteiger partial charge on any atom is -0.494 e. The molecule has 0 atom stereocenters. The van der Waals surface area contributed by atoms with Crippen molar-refractivity contribution in [2.45, 2.75) is 85.6 Å². The smallest absolute Gasteiger partial charge is 0.199 e. The first-order chi connectivity index (χ1) is 62.4. The molecule has 9 rings (SSSR count). The quantitative estimate of drug-likeness (QED) is 0.0298. The summed E-state index contributed by atoms with van der Waals surface area (Å²) < 4.78 is 332. The van der Waals surface area contributed by atoms with E-state index in [1.807, 2.05) is 0 Å². The summed E-state index contributed by atoms with van der Waals surface area (Å²) in [6, 6.07) is 26.0. The summed E-state index contributed by atoms with van der Waals surface area (Å²) in [5, 5.41) is 19.1. The Kier molecular flexibility index (Phi) is 33.0. The Morgan fingerprint density at radius 1 is 0.301 bits per heavy atom. The van der Waals surface area contributed by atoms with Gasteiger partial charge in [-0.25, -0.2) is 75.8 Å². The van der Waals surface area contributed by atoms with E-state index in [2.05, 4.69) is 24.0 Å². The van der Waals surface area contributed by atoms with Crippen LogP contribution >= 0.6 is 0 Å². The summed E-state index contributed by atoms with van der Waals surface area (Å²) in [6.45, 7) is 13.7. The van der Waals surface area contributed by atoms with Gasteiger partial charge in [0.15, 0.2) is 88.5 Å². The van der Waals surface area contributed by atoms with Crippen LogP contribution in [0.4, 0.5) is 51.2 Å². The highest BCUT2D eigenvalue weighted by Crippen LogP contribution is 2.53. The van der Waals surface area contributed by atoms with Crippen molar-refractivity contribution in [1.29, 1.82) is 0 Å². The Labute approximate surface area is 776 Å². The summed E-state index contributed by atoms with van der Waals surface area (Å²) in [5.41, 5.74) is 2.29. The maximum absolute atomic E-state index is 15.2. The van der Waals surface area contributed by atoms with Gasteiger partial charge in [-0.15, -0.1) is 25.6 Å². The van der Waals surface area contributed by atoms with Gasteiger partial charge in [-0.05, 0) is 135 Å². The number of hydrogen-bond donors (Lipinski definition) is 3. The van der Waals surface area contributed by atoms with E-state index in [0.717, 1.165) is 208 Å². The first-order valence-electron chi connectivity index (χ1n) is 39.5. The third-order valence-electron chi connectivity index (χ3n) is 20.7. The normalized spacial score (nSPS) is 12.2. The molecule has 0 aliphatic heterocycles. The van der Waals surface area contributed by atoms with Gasteiger partial charge in [-0.2, -0.15) is 10.2 Å². The zero-order valence-electron chi connectivity index (χ0n) is 76.1. The van der Waals surface area contributed by atoms with E-state index in [9.17, 15) is 72.4 Å². The zero-order valence-corrected chi connectivity index (χ0v) is 83.4. The van der Waals surface area contributed by atoms with Gasteiger partial charge < -0.3 is 57.2 Å². The number of anilines is 9. The van der Waals surface area contributed by atoms with Gasteiger partial charge in [0.2, 0.25) is 0 Å². The number of sulfone groups is 9. The number of benzene rings is 9. The summed E-state index contributed by atoms with van der Waals surface area (Å²) in [4.78, 5) is -3.96. The van der Waals surface area contributed by atoms with Crippen molar-refractivity contribution in [3.05, 3.63) is 186 Å². The van der Waals surface area contributed by atoms with Gasteiger partial charge in [-0.1, -0.05) is 27.0 Å². The topological polar surface area (TPSA) is 476 Å². The van der Waals surface area contributed by atoms with E-state index in [0.29, 0.717) is 10.8 Å². The third kappa shape index (κ3) is 22.2. The number of aliphatic hydroxyl groups is 1. The second kappa shape index (κ2) is 41.8. The maximum Gasteiger partial charge on any atom is 0.199 e. The molecule has 3 N–H and O–H groups in total. The standard InChI is InChI=1S/C85H105N9O30S9/c1-22-127(100,101)60-27-32-66(75(47-60)118-13)88(86-64-31-26-59(125(20,96)97)46-73(64)116-11)90(67-33-28-61(48-76(67)119-14)128(102,103)23-2)92(68-34-29-62(49-77(68)120-15)131(108,109)39-36-95)93(69-35-30-63(50-78(69)121-16)132(110,111)40-37-114-9)94(72-44-56(6)82(126(21,98)99)52-80(72)123-18)91(71-45-58(8)84(54-81(71)124-19)130(106,107)25-4)89(70-43-57(7)83(53-79(70)122-17)129(104,105)24-3)87-65-42-55(5)85(51-74(65)117-12)133(112,113)41-38-115-10/h23-24,26-35,42-54,86-87,95H,2-3,22,25,36-41H2,1,4-21H3. The number of aryl methyl sites for hydroxylation is 4. The zero-order chi connectivity index (χ0) is 99.0. The summed E-state index contributed by atoms with van der Waals surface area (Å²) in [5.74, 6) is -7.58. The van der Waals surface area contributed by atoms with E-state index in [1.54, 1.807) is 0 Å². The van der Waals surface area contributed by atoms with E-state index in [-0.39, 0.29) is 82.7 Å². The fourth-order valence-electron chi connectivity index (χ4n) is 13.7. The lowest BCUT2D eigenvalue weighted by molar-refractivity contribution is 0.217. The van der Waals surface area contributed by atoms with Crippen molar-refractivity contribution in [3.63, 3.8) is 0 Å². The predicted molar refractivity (Wildman–Crippen MR) is 504 cm³/mol.